The Morgan fingerprint density at radius 3 is 2.44 bits per heavy atom. The molecule has 0 unspecified atom stereocenters. The third-order valence-electron chi connectivity index (χ3n) is 6.51. The van der Waals surface area contributed by atoms with Crippen LogP contribution < -0.4 is 26.2 Å². The molecule has 1 aromatic heterocycles. The van der Waals surface area contributed by atoms with Crippen molar-refractivity contribution in [3.8, 4) is 0 Å². The Bertz CT molecular complexity index is 942. The van der Waals surface area contributed by atoms with Crippen molar-refractivity contribution < 1.29 is 13.5 Å². The van der Waals surface area contributed by atoms with E-state index in [0.717, 1.165) is 12.8 Å². The lowest BCUT2D eigenvalue weighted by atomic mass is 10.1. The zero-order valence-electron chi connectivity index (χ0n) is 18.1. The monoisotopic (exact) mass is 445 g/mol. The van der Waals surface area contributed by atoms with E-state index in [1.54, 1.807) is 18.2 Å². The maximum atomic E-state index is 14.7. The molecule has 8 nitrogen and oxygen atoms in total. The van der Waals surface area contributed by atoms with Crippen LogP contribution in [0.5, 0.6) is 0 Å². The van der Waals surface area contributed by atoms with E-state index < -0.39 is 12.1 Å². The van der Waals surface area contributed by atoms with Gasteiger partial charge in [0.25, 0.3) is 6.43 Å². The predicted octanol–water partition coefficient (Wildman–Crippen LogP) is 2.58. The number of fused-ring (bicyclic) bond motifs is 1. The molecule has 0 amide bonds. The maximum absolute atomic E-state index is 14.7. The molecule has 3 aliphatic rings. The minimum atomic E-state index is -2.75. The van der Waals surface area contributed by atoms with Gasteiger partial charge >= 0.3 is 0 Å². The van der Waals surface area contributed by atoms with Crippen LogP contribution in [0.1, 0.15) is 25.5 Å². The van der Waals surface area contributed by atoms with Crippen molar-refractivity contribution in [3.63, 3.8) is 0 Å². The van der Waals surface area contributed by atoms with Gasteiger partial charge < -0.3 is 30.9 Å². The lowest BCUT2D eigenvalue weighted by molar-refractivity contribution is 0.0794. The zero-order valence-corrected chi connectivity index (χ0v) is 18.1. The van der Waals surface area contributed by atoms with Crippen molar-refractivity contribution in [3.05, 3.63) is 36.0 Å². The van der Waals surface area contributed by atoms with Crippen LogP contribution >= 0.6 is 0 Å². The third-order valence-corrected chi connectivity index (χ3v) is 6.51. The molecular weight excluding hydrogens is 416 g/mol. The number of aromatic nitrogens is 2. The highest BCUT2D eigenvalue weighted by Crippen LogP contribution is 2.43. The number of nitrogens with two attached hydrogens (primary N) is 1. The van der Waals surface area contributed by atoms with Crippen molar-refractivity contribution in [2.45, 2.75) is 43.9 Å². The van der Waals surface area contributed by atoms with E-state index in [4.69, 9.17) is 15.5 Å². The van der Waals surface area contributed by atoms with Crippen molar-refractivity contribution in [1.29, 1.82) is 0 Å². The fraction of sp³-hybridized carbons (Fsp3) is 0.545. The molecule has 172 valence electrons. The summed E-state index contributed by atoms with van der Waals surface area (Å²) >= 11 is 0. The van der Waals surface area contributed by atoms with E-state index in [9.17, 15) is 8.78 Å². The standard InChI is InChI=1S/C22H29F2N7O/c1-14-13-32-11-10-31(14)19-12-18(26-21(27-19)30-8-6-15(25)7-9-30)22(20(23)24)28-16-4-2-3-5-17(16)29-22/h2-5,12,14-15,20,28-29H,6-11,13,25H2,1H3/t14-/m0/s1. The lowest BCUT2D eigenvalue weighted by Gasteiger charge is -2.37. The van der Waals surface area contributed by atoms with Crippen LogP contribution in [-0.2, 0) is 10.4 Å². The van der Waals surface area contributed by atoms with Crippen LogP contribution in [0.15, 0.2) is 30.3 Å². The fourth-order valence-electron chi connectivity index (χ4n) is 4.59. The molecule has 0 spiro atoms. The van der Waals surface area contributed by atoms with Crippen molar-refractivity contribution in [2.75, 3.05) is 53.3 Å². The van der Waals surface area contributed by atoms with E-state index >= 15 is 0 Å². The minimum Gasteiger partial charge on any atom is -0.377 e. The van der Waals surface area contributed by atoms with E-state index in [0.29, 0.717) is 56.0 Å². The molecule has 0 saturated carbocycles. The smallest absolute Gasteiger partial charge is 0.285 e. The summed E-state index contributed by atoms with van der Waals surface area (Å²) in [6, 6.07) is 9.11. The summed E-state index contributed by atoms with van der Waals surface area (Å²) in [5, 5.41) is 6.02. The Labute approximate surface area is 186 Å². The molecule has 0 aliphatic carbocycles. The van der Waals surface area contributed by atoms with Crippen molar-refractivity contribution in [2.24, 2.45) is 5.73 Å². The Kier molecular flexibility index (Phi) is 5.50. The fourth-order valence-corrected chi connectivity index (χ4v) is 4.59. The number of benzene rings is 1. The number of para-hydroxylation sites is 2. The summed E-state index contributed by atoms with van der Waals surface area (Å²) in [6.07, 6.45) is -1.11. The van der Waals surface area contributed by atoms with Gasteiger partial charge in [0.1, 0.15) is 5.82 Å². The number of halogens is 2. The first-order chi connectivity index (χ1) is 15.5. The quantitative estimate of drug-likeness (QED) is 0.662. The largest absolute Gasteiger partial charge is 0.377 e. The number of alkyl halides is 2. The average molecular weight is 446 g/mol. The molecule has 3 aliphatic heterocycles. The number of anilines is 4. The van der Waals surface area contributed by atoms with Gasteiger partial charge in [-0.25, -0.2) is 13.8 Å². The normalized spacial score (nSPS) is 23.1. The molecule has 5 rings (SSSR count). The van der Waals surface area contributed by atoms with E-state index in [1.165, 1.54) is 0 Å². The van der Waals surface area contributed by atoms with Crippen molar-refractivity contribution in [1.82, 2.24) is 9.97 Å². The lowest BCUT2D eigenvalue weighted by Crippen LogP contribution is -2.48. The number of morpholine rings is 1. The van der Waals surface area contributed by atoms with Crippen LogP contribution in [0.3, 0.4) is 0 Å². The zero-order chi connectivity index (χ0) is 22.3. The highest BCUT2D eigenvalue weighted by atomic mass is 19.3. The van der Waals surface area contributed by atoms with Gasteiger partial charge in [-0.3, -0.25) is 0 Å². The summed E-state index contributed by atoms with van der Waals surface area (Å²) in [5.74, 6) is 1.10. The first kappa shape index (κ1) is 21.1. The summed E-state index contributed by atoms with van der Waals surface area (Å²) in [5.41, 5.74) is 5.70. The number of nitrogens with one attached hydrogen (secondary N) is 2. The van der Waals surface area contributed by atoms with Crippen molar-refractivity contribution >= 4 is 23.1 Å². The van der Waals surface area contributed by atoms with Crippen LogP contribution in [0.2, 0.25) is 0 Å². The minimum absolute atomic E-state index is 0.0818. The summed E-state index contributed by atoms with van der Waals surface area (Å²) < 4.78 is 34.9. The molecule has 2 aromatic rings. The summed E-state index contributed by atoms with van der Waals surface area (Å²) in [4.78, 5) is 13.6. The van der Waals surface area contributed by atoms with Gasteiger partial charge in [-0.05, 0) is 31.9 Å². The Balaban J connectivity index is 1.59. The molecular formula is C22H29F2N7O. The van der Waals surface area contributed by atoms with Gasteiger partial charge in [0, 0.05) is 31.7 Å². The van der Waals surface area contributed by atoms with Gasteiger partial charge in [-0.15, -0.1) is 0 Å². The Morgan fingerprint density at radius 2 is 1.81 bits per heavy atom. The first-order valence-corrected chi connectivity index (χ1v) is 11.1. The van der Waals surface area contributed by atoms with Crippen LogP contribution in [0, 0.1) is 0 Å². The second kappa shape index (κ2) is 8.32. The van der Waals surface area contributed by atoms with Crippen LogP contribution in [0.4, 0.5) is 31.9 Å². The van der Waals surface area contributed by atoms with E-state index in [2.05, 4.69) is 20.5 Å². The van der Waals surface area contributed by atoms with Gasteiger partial charge in [-0.1, -0.05) is 12.1 Å². The summed E-state index contributed by atoms with van der Waals surface area (Å²) in [6.45, 7) is 5.22. The molecule has 2 saturated heterocycles. The van der Waals surface area contributed by atoms with Gasteiger partial charge in [0.15, 0.2) is 0 Å². The highest BCUT2D eigenvalue weighted by Gasteiger charge is 2.48. The number of piperidine rings is 1. The molecule has 1 aromatic carbocycles. The Morgan fingerprint density at radius 1 is 1.12 bits per heavy atom. The number of hydrogen-bond acceptors (Lipinski definition) is 8. The third kappa shape index (κ3) is 3.71. The Hall–Kier alpha value is -2.72. The van der Waals surface area contributed by atoms with E-state index in [-0.39, 0.29) is 17.8 Å². The second-order valence-electron chi connectivity index (χ2n) is 8.76. The molecule has 0 bridgehead atoms. The maximum Gasteiger partial charge on any atom is 0.285 e. The van der Waals surface area contributed by atoms with E-state index in [1.807, 2.05) is 24.0 Å². The van der Waals surface area contributed by atoms with Gasteiger partial charge in [-0.2, -0.15) is 4.98 Å². The summed E-state index contributed by atoms with van der Waals surface area (Å²) in [7, 11) is 0. The highest BCUT2D eigenvalue weighted by molar-refractivity contribution is 5.77. The first-order valence-electron chi connectivity index (χ1n) is 11.1. The molecule has 4 N–H and O–H groups in total. The topological polar surface area (TPSA) is 91.6 Å². The molecule has 2 fully saturated rings. The SMILES string of the molecule is C[C@H]1COCCN1c1cc(C2(C(F)F)Nc3ccccc3N2)nc(N2CCC(N)CC2)n1. The molecule has 10 heteroatoms. The number of nitrogens with zero attached hydrogens (tertiary/aromatic N) is 4. The van der Waals surface area contributed by atoms with Gasteiger partial charge in [0.05, 0.1) is 36.3 Å². The predicted molar refractivity (Wildman–Crippen MR) is 120 cm³/mol. The van der Waals surface area contributed by atoms with Crippen LogP contribution in [0.25, 0.3) is 0 Å². The number of ether oxygens (including phenoxy) is 1. The molecule has 1 atom stereocenters. The van der Waals surface area contributed by atoms with Crippen LogP contribution in [-0.4, -0.2) is 61.3 Å². The number of hydrogen-bond donors (Lipinski definition) is 3. The molecule has 4 heterocycles. The van der Waals surface area contributed by atoms with Gasteiger partial charge in [0.2, 0.25) is 11.6 Å². The molecule has 0 radical (unpaired) electrons. The average Bonchev–Trinajstić information content (AvgIpc) is 3.21. The number of rotatable bonds is 4. The molecule has 32 heavy (non-hydrogen) atoms. The second-order valence-corrected chi connectivity index (χ2v) is 8.76.